The van der Waals surface area contributed by atoms with Crippen molar-refractivity contribution in [1.29, 1.82) is 0 Å². The molecule has 1 N–H and O–H groups in total. The lowest BCUT2D eigenvalue weighted by Gasteiger charge is -2.23. The van der Waals surface area contributed by atoms with Crippen LogP contribution in [-0.4, -0.2) is 33.2 Å². The summed E-state index contributed by atoms with van der Waals surface area (Å²) in [6.45, 7) is 0. The lowest BCUT2D eigenvalue weighted by molar-refractivity contribution is -0.141. The summed E-state index contributed by atoms with van der Waals surface area (Å²) in [5.74, 6) is 0.637. The van der Waals surface area contributed by atoms with Gasteiger partial charge in [-0.1, -0.05) is 18.2 Å². The van der Waals surface area contributed by atoms with Crippen molar-refractivity contribution in [3.63, 3.8) is 0 Å². The highest BCUT2D eigenvalue weighted by atomic mass is 16.5. The molecule has 1 aromatic rings. The lowest BCUT2D eigenvalue weighted by atomic mass is 9.92. The molecule has 0 aliphatic heterocycles. The van der Waals surface area contributed by atoms with Gasteiger partial charge >= 0.3 is 5.97 Å². The molecule has 0 spiro atoms. The zero-order valence-electron chi connectivity index (χ0n) is 14.9. The van der Waals surface area contributed by atoms with Gasteiger partial charge in [0.15, 0.2) is 11.5 Å². The van der Waals surface area contributed by atoms with Gasteiger partial charge < -0.3 is 19.5 Å². The Kier molecular flexibility index (Phi) is 6.86. The van der Waals surface area contributed by atoms with E-state index in [2.05, 4.69) is 11.4 Å². The summed E-state index contributed by atoms with van der Waals surface area (Å²) in [5.41, 5.74) is 0.766. The maximum atomic E-state index is 12.6. The van der Waals surface area contributed by atoms with Gasteiger partial charge in [-0.3, -0.25) is 9.59 Å². The largest absolute Gasteiger partial charge is 0.493 e. The van der Waals surface area contributed by atoms with E-state index in [1.165, 1.54) is 7.11 Å². The Balaban J connectivity index is 2.21. The van der Waals surface area contributed by atoms with E-state index < -0.39 is 6.04 Å². The first-order valence-electron chi connectivity index (χ1n) is 8.33. The summed E-state index contributed by atoms with van der Waals surface area (Å²) < 4.78 is 15.3. The highest BCUT2D eigenvalue weighted by Crippen LogP contribution is 2.31. The Morgan fingerprint density at radius 1 is 1.16 bits per heavy atom. The quantitative estimate of drug-likeness (QED) is 0.606. The highest BCUT2D eigenvalue weighted by Gasteiger charge is 2.25. The molecule has 136 valence electrons. The molecule has 0 radical (unpaired) electrons. The average Bonchev–Trinajstić information content (AvgIpc) is 2.67. The number of nitrogens with one attached hydrogen (secondary N) is 1. The lowest BCUT2D eigenvalue weighted by Crippen LogP contribution is -2.35. The van der Waals surface area contributed by atoms with Gasteiger partial charge in [0.05, 0.1) is 33.8 Å². The number of amides is 1. The molecule has 1 aromatic carbocycles. The standard InChI is InChI=1S/C19H25NO5/c1-23-16-10-9-14(11-17(16)24-2)15(12-18(21)25-3)20-19(22)13-7-5-4-6-8-13/h4-5,9-11,13,15H,6-8,12H2,1-3H3,(H,20,22)/t13-,15+/m1/s1. The SMILES string of the molecule is COC(=O)C[C@H](NC(=O)[C@@H]1CC=CCC1)c1ccc(OC)c(OC)c1. The Bertz CT molecular complexity index is 641. The Morgan fingerprint density at radius 3 is 2.52 bits per heavy atom. The predicted molar refractivity (Wildman–Crippen MR) is 93.5 cm³/mol. The average molecular weight is 347 g/mol. The van der Waals surface area contributed by atoms with Crippen LogP contribution in [0.25, 0.3) is 0 Å². The minimum absolute atomic E-state index is 0.0481. The molecular weight excluding hydrogens is 322 g/mol. The van der Waals surface area contributed by atoms with E-state index in [0.29, 0.717) is 11.5 Å². The zero-order chi connectivity index (χ0) is 18.2. The number of ether oxygens (including phenoxy) is 3. The minimum Gasteiger partial charge on any atom is -0.493 e. The topological polar surface area (TPSA) is 73.9 Å². The van der Waals surface area contributed by atoms with Crippen molar-refractivity contribution >= 4 is 11.9 Å². The fourth-order valence-corrected chi connectivity index (χ4v) is 2.89. The van der Waals surface area contributed by atoms with Crippen LogP contribution in [-0.2, 0) is 14.3 Å². The van der Waals surface area contributed by atoms with Crippen LogP contribution in [0.2, 0.25) is 0 Å². The second-order valence-electron chi connectivity index (χ2n) is 5.94. The summed E-state index contributed by atoms with van der Waals surface area (Å²) in [4.78, 5) is 24.4. The van der Waals surface area contributed by atoms with Crippen LogP contribution >= 0.6 is 0 Å². The van der Waals surface area contributed by atoms with E-state index in [-0.39, 0.29) is 24.2 Å². The summed E-state index contributed by atoms with van der Waals surface area (Å²) in [6, 6.07) is 4.86. The smallest absolute Gasteiger partial charge is 0.307 e. The van der Waals surface area contributed by atoms with Crippen molar-refractivity contribution in [2.24, 2.45) is 5.92 Å². The molecule has 2 atom stereocenters. The third kappa shape index (κ3) is 4.98. The van der Waals surface area contributed by atoms with E-state index in [0.717, 1.165) is 24.8 Å². The third-order valence-electron chi connectivity index (χ3n) is 4.36. The van der Waals surface area contributed by atoms with Crippen LogP contribution in [0.15, 0.2) is 30.4 Å². The molecule has 0 saturated carbocycles. The van der Waals surface area contributed by atoms with Crippen molar-refractivity contribution in [2.75, 3.05) is 21.3 Å². The molecule has 0 unspecified atom stereocenters. The van der Waals surface area contributed by atoms with Crippen LogP contribution in [0, 0.1) is 5.92 Å². The van der Waals surface area contributed by atoms with Gasteiger partial charge in [-0.05, 0) is 37.0 Å². The molecule has 1 amide bonds. The fourth-order valence-electron chi connectivity index (χ4n) is 2.89. The molecule has 0 aromatic heterocycles. The summed E-state index contributed by atoms with van der Waals surface area (Å²) in [5, 5.41) is 2.99. The van der Waals surface area contributed by atoms with E-state index in [9.17, 15) is 9.59 Å². The van der Waals surface area contributed by atoms with Crippen LogP contribution in [0.4, 0.5) is 0 Å². The number of rotatable bonds is 7. The molecular formula is C19H25NO5. The summed E-state index contributed by atoms with van der Waals surface area (Å²) >= 11 is 0. The molecule has 2 rings (SSSR count). The van der Waals surface area contributed by atoms with Crippen LogP contribution in [0.1, 0.15) is 37.3 Å². The van der Waals surface area contributed by atoms with Gasteiger partial charge in [0.1, 0.15) is 0 Å². The Hall–Kier alpha value is -2.50. The number of carbonyl (C=O) groups excluding carboxylic acids is 2. The van der Waals surface area contributed by atoms with E-state index in [1.807, 2.05) is 12.1 Å². The van der Waals surface area contributed by atoms with Crippen molar-refractivity contribution in [1.82, 2.24) is 5.32 Å². The maximum Gasteiger partial charge on any atom is 0.307 e. The predicted octanol–water partition coefficient (Wildman–Crippen LogP) is 2.78. The van der Waals surface area contributed by atoms with Gasteiger partial charge in [0, 0.05) is 5.92 Å². The number of methoxy groups -OCH3 is 3. The van der Waals surface area contributed by atoms with Gasteiger partial charge in [0.2, 0.25) is 5.91 Å². The number of allylic oxidation sites excluding steroid dienone is 2. The zero-order valence-corrected chi connectivity index (χ0v) is 14.9. The van der Waals surface area contributed by atoms with Gasteiger partial charge in [-0.15, -0.1) is 0 Å². The van der Waals surface area contributed by atoms with Crippen LogP contribution in [0.3, 0.4) is 0 Å². The highest BCUT2D eigenvalue weighted by molar-refractivity contribution is 5.80. The first kappa shape index (κ1) is 18.8. The molecule has 6 nitrogen and oxygen atoms in total. The van der Waals surface area contributed by atoms with E-state index >= 15 is 0 Å². The number of carbonyl (C=O) groups is 2. The Morgan fingerprint density at radius 2 is 1.92 bits per heavy atom. The molecule has 1 aliphatic rings. The van der Waals surface area contributed by atoms with Crippen molar-refractivity contribution in [3.05, 3.63) is 35.9 Å². The van der Waals surface area contributed by atoms with Gasteiger partial charge in [-0.2, -0.15) is 0 Å². The maximum absolute atomic E-state index is 12.6. The second kappa shape index (κ2) is 9.11. The first-order chi connectivity index (χ1) is 12.1. The molecule has 0 heterocycles. The van der Waals surface area contributed by atoms with Gasteiger partial charge in [-0.25, -0.2) is 0 Å². The van der Waals surface area contributed by atoms with Crippen LogP contribution < -0.4 is 14.8 Å². The van der Waals surface area contributed by atoms with E-state index in [4.69, 9.17) is 14.2 Å². The van der Waals surface area contributed by atoms with Crippen LogP contribution in [0.5, 0.6) is 11.5 Å². The second-order valence-corrected chi connectivity index (χ2v) is 5.94. The molecule has 1 aliphatic carbocycles. The number of hydrogen-bond acceptors (Lipinski definition) is 5. The molecule has 0 saturated heterocycles. The molecule has 25 heavy (non-hydrogen) atoms. The Labute approximate surface area is 148 Å². The number of esters is 1. The normalized spacial score (nSPS) is 17.5. The summed E-state index contributed by atoms with van der Waals surface area (Å²) in [6.07, 6.45) is 6.61. The third-order valence-corrected chi connectivity index (χ3v) is 4.36. The fraction of sp³-hybridized carbons (Fsp3) is 0.474. The van der Waals surface area contributed by atoms with Crippen molar-refractivity contribution in [2.45, 2.75) is 31.7 Å². The summed E-state index contributed by atoms with van der Waals surface area (Å²) in [7, 11) is 4.44. The molecule has 0 bridgehead atoms. The number of hydrogen-bond donors (Lipinski definition) is 1. The van der Waals surface area contributed by atoms with Crippen molar-refractivity contribution < 1.29 is 23.8 Å². The molecule has 6 heteroatoms. The monoisotopic (exact) mass is 347 g/mol. The van der Waals surface area contributed by atoms with E-state index in [1.54, 1.807) is 26.4 Å². The molecule has 0 fully saturated rings. The van der Waals surface area contributed by atoms with Gasteiger partial charge in [0.25, 0.3) is 0 Å². The van der Waals surface area contributed by atoms with Crippen molar-refractivity contribution in [3.8, 4) is 11.5 Å². The number of benzene rings is 1. The minimum atomic E-state index is -0.481. The first-order valence-corrected chi connectivity index (χ1v) is 8.33.